The van der Waals surface area contributed by atoms with Crippen LogP contribution in [-0.4, -0.2) is 119 Å². The predicted molar refractivity (Wildman–Crippen MR) is 169 cm³/mol. The van der Waals surface area contributed by atoms with Crippen LogP contribution in [0.1, 0.15) is 35.1 Å². The number of amides is 2. The average molecular weight is 608 g/mol. The van der Waals surface area contributed by atoms with Gasteiger partial charge in [-0.2, -0.15) is 0 Å². The number of carbonyl (C=O) groups excluding carboxylic acids is 2. The van der Waals surface area contributed by atoms with Crippen LogP contribution in [0.3, 0.4) is 0 Å². The maximum absolute atomic E-state index is 14.8. The van der Waals surface area contributed by atoms with E-state index in [-0.39, 0.29) is 30.3 Å². The summed E-state index contributed by atoms with van der Waals surface area (Å²) in [7, 11) is 4.29. The first kappa shape index (κ1) is 32.1. The van der Waals surface area contributed by atoms with Crippen LogP contribution in [0.25, 0.3) is 0 Å². The second-order valence-electron chi connectivity index (χ2n) is 12.1. The van der Waals surface area contributed by atoms with Crippen molar-refractivity contribution in [3.63, 3.8) is 0 Å². The molecule has 2 amide bonds. The maximum atomic E-state index is 14.8. The molecule has 0 radical (unpaired) electrons. The van der Waals surface area contributed by atoms with E-state index in [0.29, 0.717) is 51.4 Å². The van der Waals surface area contributed by atoms with Gasteiger partial charge in [0.15, 0.2) is 0 Å². The fraction of sp³-hybridized carbons (Fsp3) is 0.529. The van der Waals surface area contributed by atoms with Gasteiger partial charge in [0.05, 0.1) is 19.8 Å². The third-order valence-corrected chi connectivity index (χ3v) is 9.23. The predicted octanol–water partition coefficient (Wildman–Crippen LogP) is 2.83. The standard InChI is InChI=1S/C34H46FN5O4/c1-4-32(41)36-14-19-43-20-21-44-24-33(42)39-17-15-38(16-18-39)27-11-8-25(9-12-27)28-22-40(23-31(28)37(2)3)30-13-10-26-6-5-7-29(35)34(26)30/h4-9,11-12,28,30-31H,1,10,13-24H2,2-3H3,(H,36,41)/t28-,30+,31+/m1/s1. The van der Waals surface area contributed by atoms with Gasteiger partial charge in [-0.05, 0) is 62.3 Å². The van der Waals surface area contributed by atoms with Gasteiger partial charge in [-0.3, -0.25) is 14.5 Å². The summed E-state index contributed by atoms with van der Waals surface area (Å²) in [6, 6.07) is 15.0. The van der Waals surface area contributed by atoms with Crippen molar-refractivity contribution in [2.24, 2.45) is 0 Å². The number of benzene rings is 2. The number of anilines is 1. The minimum atomic E-state index is -0.229. The van der Waals surface area contributed by atoms with Gasteiger partial charge in [-0.25, -0.2) is 4.39 Å². The van der Waals surface area contributed by atoms with Crippen molar-refractivity contribution in [2.45, 2.75) is 30.8 Å². The Balaban J connectivity index is 1.07. The van der Waals surface area contributed by atoms with Crippen LogP contribution < -0.4 is 10.2 Å². The van der Waals surface area contributed by atoms with E-state index in [0.717, 1.165) is 50.1 Å². The molecule has 0 unspecified atom stereocenters. The Bertz CT molecular complexity index is 1280. The monoisotopic (exact) mass is 607 g/mol. The molecule has 2 saturated heterocycles. The Morgan fingerprint density at radius 2 is 1.77 bits per heavy atom. The molecule has 0 spiro atoms. The Morgan fingerprint density at radius 3 is 2.50 bits per heavy atom. The topological polar surface area (TPSA) is 77.6 Å². The first-order valence-electron chi connectivity index (χ1n) is 15.7. The SMILES string of the molecule is C=CC(=O)NCCOCCOCC(=O)N1CCN(c2ccc([C@H]3CN([C@H]4CCc5cccc(F)c54)C[C@@H]3N(C)C)cc2)CC1. The van der Waals surface area contributed by atoms with E-state index in [9.17, 15) is 14.0 Å². The van der Waals surface area contributed by atoms with Crippen molar-refractivity contribution in [1.82, 2.24) is 20.0 Å². The molecule has 2 heterocycles. The number of aryl methyl sites for hydroxylation is 1. The molecular weight excluding hydrogens is 561 g/mol. The number of fused-ring (bicyclic) bond motifs is 1. The summed E-state index contributed by atoms with van der Waals surface area (Å²) in [5.74, 6) is 0.0475. The van der Waals surface area contributed by atoms with Gasteiger partial charge >= 0.3 is 0 Å². The Hall–Kier alpha value is -3.31. The van der Waals surface area contributed by atoms with Crippen LogP contribution in [0.4, 0.5) is 10.1 Å². The van der Waals surface area contributed by atoms with Crippen molar-refractivity contribution in [3.8, 4) is 0 Å². The number of likely N-dealkylation sites (tertiary alicyclic amines) is 1. The minimum Gasteiger partial charge on any atom is -0.377 e. The molecule has 0 saturated carbocycles. The normalized spacial score (nSPS) is 22.0. The summed E-state index contributed by atoms with van der Waals surface area (Å²) in [5, 5.41) is 2.63. The minimum absolute atomic E-state index is 0.0106. The van der Waals surface area contributed by atoms with Gasteiger partial charge in [0.25, 0.3) is 0 Å². The number of carbonyl (C=O) groups is 2. The smallest absolute Gasteiger partial charge is 0.248 e. The molecule has 3 aliphatic rings. The van der Waals surface area contributed by atoms with Gasteiger partial charge in [-0.1, -0.05) is 30.8 Å². The highest BCUT2D eigenvalue weighted by atomic mass is 19.1. The number of hydrogen-bond donors (Lipinski definition) is 1. The Labute approximate surface area is 260 Å². The van der Waals surface area contributed by atoms with Gasteiger partial charge in [0.1, 0.15) is 12.4 Å². The van der Waals surface area contributed by atoms with E-state index in [1.54, 1.807) is 6.07 Å². The van der Waals surface area contributed by atoms with Gasteiger partial charge in [0, 0.05) is 75.1 Å². The third-order valence-electron chi connectivity index (χ3n) is 9.23. The molecule has 1 aliphatic carbocycles. The fourth-order valence-corrected chi connectivity index (χ4v) is 6.83. The van der Waals surface area contributed by atoms with Crippen LogP contribution in [0.5, 0.6) is 0 Å². The largest absolute Gasteiger partial charge is 0.377 e. The Kier molecular flexibility index (Phi) is 11.0. The highest BCUT2D eigenvalue weighted by molar-refractivity contribution is 5.86. The number of ether oxygens (including phenoxy) is 2. The second kappa shape index (κ2) is 15.1. The summed E-state index contributed by atoms with van der Waals surface area (Å²) in [5.41, 5.74) is 4.55. The molecule has 5 rings (SSSR count). The molecule has 238 valence electrons. The molecule has 0 bridgehead atoms. The summed E-state index contributed by atoms with van der Waals surface area (Å²) in [6.07, 6.45) is 3.15. The number of likely N-dealkylation sites (N-methyl/N-ethyl adjacent to an activating group) is 1. The van der Waals surface area contributed by atoms with Crippen LogP contribution in [-0.2, 0) is 25.5 Å². The number of rotatable bonds is 13. The highest BCUT2D eigenvalue weighted by Gasteiger charge is 2.41. The number of nitrogens with zero attached hydrogens (tertiary/aromatic N) is 4. The molecular formula is C34H46FN5O4. The van der Waals surface area contributed by atoms with Crippen molar-refractivity contribution in [1.29, 1.82) is 0 Å². The third kappa shape index (κ3) is 7.66. The van der Waals surface area contributed by atoms with Gasteiger partial charge in [0.2, 0.25) is 11.8 Å². The maximum Gasteiger partial charge on any atom is 0.248 e. The zero-order chi connectivity index (χ0) is 31.1. The summed E-state index contributed by atoms with van der Waals surface area (Å²) < 4.78 is 25.7. The zero-order valence-corrected chi connectivity index (χ0v) is 26.1. The van der Waals surface area contributed by atoms with Gasteiger partial charge in [-0.15, -0.1) is 0 Å². The summed E-state index contributed by atoms with van der Waals surface area (Å²) >= 11 is 0. The molecule has 1 N–H and O–H groups in total. The molecule has 2 aliphatic heterocycles. The molecule has 9 nitrogen and oxygen atoms in total. The van der Waals surface area contributed by atoms with Crippen LogP contribution in [0.15, 0.2) is 55.1 Å². The zero-order valence-electron chi connectivity index (χ0n) is 26.1. The molecule has 2 fully saturated rings. The van der Waals surface area contributed by atoms with E-state index < -0.39 is 0 Å². The number of nitrogens with one attached hydrogen (secondary N) is 1. The van der Waals surface area contributed by atoms with E-state index in [1.165, 1.54) is 17.3 Å². The average Bonchev–Trinajstić information content (AvgIpc) is 3.68. The van der Waals surface area contributed by atoms with Crippen LogP contribution in [0.2, 0.25) is 0 Å². The van der Waals surface area contributed by atoms with Crippen molar-refractivity contribution in [3.05, 3.63) is 77.6 Å². The van der Waals surface area contributed by atoms with Crippen molar-refractivity contribution in [2.75, 3.05) is 91.2 Å². The first-order chi connectivity index (χ1) is 21.4. The lowest BCUT2D eigenvalue weighted by Crippen LogP contribution is -2.49. The van der Waals surface area contributed by atoms with Crippen LogP contribution in [0, 0.1) is 5.82 Å². The van der Waals surface area contributed by atoms with Gasteiger partial charge < -0.3 is 29.5 Å². The first-order valence-corrected chi connectivity index (χ1v) is 15.7. The number of halogens is 1. The lowest BCUT2D eigenvalue weighted by Gasteiger charge is -2.36. The molecule has 2 aromatic carbocycles. The van der Waals surface area contributed by atoms with Crippen LogP contribution >= 0.6 is 0 Å². The van der Waals surface area contributed by atoms with E-state index in [4.69, 9.17) is 9.47 Å². The fourth-order valence-electron chi connectivity index (χ4n) is 6.83. The lowest BCUT2D eigenvalue weighted by atomic mass is 9.93. The Morgan fingerprint density at radius 1 is 1.02 bits per heavy atom. The highest BCUT2D eigenvalue weighted by Crippen LogP contribution is 2.42. The summed E-state index contributed by atoms with van der Waals surface area (Å²) in [4.78, 5) is 32.7. The lowest BCUT2D eigenvalue weighted by molar-refractivity contribution is -0.137. The second-order valence-corrected chi connectivity index (χ2v) is 12.1. The molecule has 10 heteroatoms. The molecule has 2 aromatic rings. The molecule has 0 aromatic heterocycles. The van der Waals surface area contributed by atoms with Crippen molar-refractivity contribution >= 4 is 17.5 Å². The quantitative estimate of drug-likeness (QED) is 0.277. The van der Waals surface area contributed by atoms with Crippen molar-refractivity contribution < 1.29 is 23.5 Å². The summed E-state index contributed by atoms with van der Waals surface area (Å²) in [6.45, 7) is 9.62. The van der Waals surface area contributed by atoms with E-state index in [2.05, 4.69) is 71.0 Å². The van der Waals surface area contributed by atoms with E-state index >= 15 is 0 Å². The number of hydrogen-bond acceptors (Lipinski definition) is 7. The molecule has 44 heavy (non-hydrogen) atoms. The molecule has 3 atom stereocenters. The van der Waals surface area contributed by atoms with E-state index in [1.807, 2.05) is 11.0 Å². The number of piperazine rings is 1.